The van der Waals surface area contributed by atoms with Gasteiger partial charge in [-0.25, -0.2) is 4.98 Å². The van der Waals surface area contributed by atoms with Crippen molar-refractivity contribution in [3.8, 4) is 0 Å². The van der Waals surface area contributed by atoms with Crippen LogP contribution in [0.3, 0.4) is 0 Å². The Bertz CT molecular complexity index is 377. The maximum absolute atomic E-state index is 5.89. The number of nitrogen functional groups attached to an aromatic ring is 1. The molecule has 1 saturated heterocycles. The third-order valence-corrected chi connectivity index (χ3v) is 2.86. The van der Waals surface area contributed by atoms with Crippen molar-refractivity contribution in [1.29, 1.82) is 0 Å². The fourth-order valence-corrected chi connectivity index (χ4v) is 1.98. The highest BCUT2D eigenvalue weighted by Crippen LogP contribution is 2.24. The van der Waals surface area contributed by atoms with Gasteiger partial charge in [-0.1, -0.05) is 0 Å². The van der Waals surface area contributed by atoms with E-state index < -0.39 is 0 Å². The molecule has 5 heteroatoms. The lowest BCUT2D eigenvalue weighted by atomic mass is 10.3. The van der Waals surface area contributed by atoms with Gasteiger partial charge in [0.25, 0.3) is 0 Å². The van der Waals surface area contributed by atoms with Crippen LogP contribution in [-0.4, -0.2) is 38.2 Å². The largest absolute Gasteiger partial charge is 0.396 e. The summed E-state index contributed by atoms with van der Waals surface area (Å²) in [6.07, 6.45) is 1.03. The van der Waals surface area contributed by atoms with Crippen molar-refractivity contribution in [3.63, 3.8) is 0 Å². The van der Waals surface area contributed by atoms with Gasteiger partial charge in [0, 0.05) is 33.2 Å². The van der Waals surface area contributed by atoms with Crippen molar-refractivity contribution >= 4 is 17.3 Å². The van der Waals surface area contributed by atoms with Gasteiger partial charge in [-0.2, -0.15) is 0 Å². The van der Waals surface area contributed by atoms with Crippen molar-refractivity contribution in [1.82, 2.24) is 4.98 Å². The maximum atomic E-state index is 5.89. The molecule has 2 rings (SSSR count). The molecule has 0 saturated carbocycles. The minimum absolute atomic E-state index is 0.266. The summed E-state index contributed by atoms with van der Waals surface area (Å²) in [6.45, 7) is 1.86. The first-order chi connectivity index (χ1) is 7.58. The predicted octanol–water partition coefficient (Wildman–Crippen LogP) is 0.267. The average Bonchev–Trinajstić information content (AvgIpc) is 2.65. The summed E-state index contributed by atoms with van der Waals surface area (Å²) in [7, 11) is 3.89. The third kappa shape index (κ3) is 2.04. The number of nitrogens with two attached hydrogens (primary N) is 2. The van der Waals surface area contributed by atoms with Gasteiger partial charge in [-0.05, 0) is 18.6 Å². The molecule has 16 heavy (non-hydrogen) atoms. The lowest BCUT2D eigenvalue weighted by Crippen LogP contribution is -2.27. The van der Waals surface area contributed by atoms with Gasteiger partial charge in [-0.3, -0.25) is 0 Å². The molecule has 2 heterocycles. The molecule has 1 fully saturated rings. The highest BCUT2D eigenvalue weighted by Gasteiger charge is 2.20. The monoisotopic (exact) mass is 221 g/mol. The van der Waals surface area contributed by atoms with E-state index in [-0.39, 0.29) is 6.04 Å². The van der Waals surface area contributed by atoms with Gasteiger partial charge in [0.2, 0.25) is 0 Å². The van der Waals surface area contributed by atoms with Gasteiger partial charge < -0.3 is 21.3 Å². The van der Waals surface area contributed by atoms with E-state index in [4.69, 9.17) is 11.5 Å². The van der Waals surface area contributed by atoms with Crippen LogP contribution in [0.25, 0.3) is 0 Å². The Morgan fingerprint density at radius 2 is 2.19 bits per heavy atom. The molecular formula is C11H19N5. The van der Waals surface area contributed by atoms with Gasteiger partial charge in [-0.15, -0.1) is 0 Å². The molecule has 4 N–H and O–H groups in total. The van der Waals surface area contributed by atoms with Crippen LogP contribution in [0.5, 0.6) is 0 Å². The van der Waals surface area contributed by atoms with E-state index in [1.165, 1.54) is 0 Å². The second-order valence-electron chi connectivity index (χ2n) is 4.47. The summed E-state index contributed by atoms with van der Waals surface area (Å²) in [4.78, 5) is 8.69. The summed E-state index contributed by atoms with van der Waals surface area (Å²) < 4.78 is 0. The smallest absolute Gasteiger partial charge is 0.153 e. The number of hydrogen-bond acceptors (Lipinski definition) is 5. The first kappa shape index (κ1) is 11.0. The van der Waals surface area contributed by atoms with Crippen LogP contribution in [0.1, 0.15) is 6.42 Å². The molecular weight excluding hydrogens is 202 g/mol. The molecule has 88 valence electrons. The fraction of sp³-hybridized carbons (Fsp3) is 0.545. The third-order valence-electron chi connectivity index (χ3n) is 2.86. The summed E-state index contributed by atoms with van der Waals surface area (Å²) in [5.74, 6) is 1.78. The number of rotatable bonds is 2. The molecule has 0 amide bonds. The highest BCUT2D eigenvalue weighted by molar-refractivity contribution is 5.65. The van der Waals surface area contributed by atoms with Crippen LogP contribution >= 0.6 is 0 Å². The minimum atomic E-state index is 0.266. The molecule has 1 atom stereocenters. The molecule has 5 nitrogen and oxygen atoms in total. The Morgan fingerprint density at radius 3 is 2.75 bits per heavy atom. The van der Waals surface area contributed by atoms with E-state index >= 15 is 0 Å². The lowest BCUT2D eigenvalue weighted by molar-refractivity contribution is 0.751. The second-order valence-corrected chi connectivity index (χ2v) is 4.47. The normalized spacial score (nSPS) is 20.2. The number of hydrogen-bond donors (Lipinski definition) is 2. The van der Waals surface area contributed by atoms with Gasteiger partial charge in [0.1, 0.15) is 5.82 Å². The topological polar surface area (TPSA) is 71.4 Å². The van der Waals surface area contributed by atoms with Gasteiger partial charge in [0.05, 0.1) is 5.69 Å². The summed E-state index contributed by atoms with van der Waals surface area (Å²) in [5.41, 5.74) is 12.5. The van der Waals surface area contributed by atoms with Crippen molar-refractivity contribution in [2.45, 2.75) is 12.5 Å². The lowest BCUT2D eigenvalue weighted by Gasteiger charge is -2.20. The molecule has 1 aromatic rings. The zero-order chi connectivity index (χ0) is 11.7. The fourth-order valence-electron chi connectivity index (χ4n) is 1.98. The first-order valence-corrected chi connectivity index (χ1v) is 5.52. The van der Waals surface area contributed by atoms with Crippen LogP contribution in [-0.2, 0) is 0 Å². The standard InChI is InChI=1S/C11H19N5/c1-15(2)11-9(13)3-4-10(14-11)16-6-5-8(12)7-16/h3-4,8H,5-7,12-13H2,1-2H3. The Hall–Kier alpha value is -1.49. The molecule has 0 spiro atoms. The summed E-state index contributed by atoms with van der Waals surface area (Å²) in [6, 6.07) is 4.13. The van der Waals surface area contributed by atoms with E-state index in [1.54, 1.807) is 0 Å². The number of aromatic nitrogens is 1. The van der Waals surface area contributed by atoms with E-state index in [1.807, 2.05) is 31.1 Å². The zero-order valence-electron chi connectivity index (χ0n) is 9.85. The SMILES string of the molecule is CN(C)c1nc(N2CCC(N)C2)ccc1N. The maximum Gasteiger partial charge on any atom is 0.153 e. The van der Waals surface area contributed by atoms with Crippen molar-refractivity contribution in [2.24, 2.45) is 5.73 Å². The Balaban J connectivity index is 2.25. The van der Waals surface area contributed by atoms with E-state index in [0.29, 0.717) is 5.69 Å². The van der Waals surface area contributed by atoms with E-state index in [2.05, 4.69) is 9.88 Å². The molecule has 0 aromatic carbocycles. The van der Waals surface area contributed by atoms with Gasteiger partial charge >= 0.3 is 0 Å². The average molecular weight is 221 g/mol. The van der Waals surface area contributed by atoms with Crippen LogP contribution in [0.15, 0.2) is 12.1 Å². The molecule has 1 aliphatic rings. The van der Waals surface area contributed by atoms with Gasteiger partial charge in [0.15, 0.2) is 5.82 Å². The van der Waals surface area contributed by atoms with Crippen molar-refractivity contribution < 1.29 is 0 Å². The number of pyridine rings is 1. The van der Waals surface area contributed by atoms with Crippen LogP contribution in [0, 0.1) is 0 Å². The van der Waals surface area contributed by atoms with Crippen LogP contribution in [0.2, 0.25) is 0 Å². The van der Waals surface area contributed by atoms with Crippen LogP contribution < -0.4 is 21.3 Å². The van der Waals surface area contributed by atoms with Crippen LogP contribution in [0.4, 0.5) is 17.3 Å². The molecule has 0 radical (unpaired) electrons. The molecule has 1 aromatic heterocycles. The van der Waals surface area contributed by atoms with E-state index in [9.17, 15) is 0 Å². The first-order valence-electron chi connectivity index (χ1n) is 5.52. The molecule has 1 aliphatic heterocycles. The van der Waals surface area contributed by atoms with Crippen molar-refractivity contribution in [3.05, 3.63) is 12.1 Å². The number of anilines is 3. The highest BCUT2D eigenvalue weighted by atomic mass is 15.2. The Labute approximate surface area is 96.0 Å². The molecule has 0 bridgehead atoms. The molecule has 1 unspecified atom stereocenters. The van der Waals surface area contributed by atoms with E-state index in [0.717, 1.165) is 31.1 Å². The number of nitrogens with zero attached hydrogens (tertiary/aromatic N) is 3. The predicted molar refractivity (Wildman–Crippen MR) is 67.8 cm³/mol. The Morgan fingerprint density at radius 1 is 1.44 bits per heavy atom. The summed E-state index contributed by atoms with van der Waals surface area (Å²) in [5, 5.41) is 0. The summed E-state index contributed by atoms with van der Waals surface area (Å²) >= 11 is 0. The minimum Gasteiger partial charge on any atom is -0.396 e. The second kappa shape index (κ2) is 4.17. The van der Waals surface area contributed by atoms with Crippen molar-refractivity contribution in [2.75, 3.05) is 42.7 Å². The quantitative estimate of drug-likeness (QED) is 0.750. The Kier molecular flexibility index (Phi) is 2.87. The zero-order valence-corrected chi connectivity index (χ0v) is 9.85. The molecule has 0 aliphatic carbocycles.